The maximum Gasteiger partial charge on any atom is 0.232 e. The molecule has 3 aliphatic rings. The highest BCUT2D eigenvalue weighted by Crippen LogP contribution is 2.47. The molecular formula is C37H44FNO8. The minimum absolute atomic E-state index is 0.0237. The summed E-state index contributed by atoms with van der Waals surface area (Å²) in [7, 11) is 0. The molecule has 0 spiro atoms. The van der Waals surface area contributed by atoms with Gasteiger partial charge in [0.15, 0.2) is 0 Å². The Morgan fingerprint density at radius 2 is 1.53 bits per heavy atom. The number of aliphatic hydroxyl groups is 6. The van der Waals surface area contributed by atoms with Gasteiger partial charge in [0.2, 0.25) is 5.91 Å². The first kappa shape index (κ1) is 33.7. The number of nitrogens with zero attached hydrogens (tertiary/aromatic N) is 1. The normalized spacial score (nSPS) is 33.3. The SMILES string of the molecule is O=C1[C@H](CCC[C@H](O)c2ccc(F)cc2)[C@@H](C2CCC(c3ccc(C4O[C@H](CO)[C@@H](O)[C@H](O)[C@H]4O)cc3)CC2O)N1c1ccccc1. The Labute approximate surface area is 273 Å². The van der Waals surface area contributed by atoms with Crippen LogP contribution in [-0.2, 0) is 9.53 Å². The number of benzene rings is 3. The summed E-state index contributed by atoms with van der Waals surface area (Å²) in [6, 6.07) is 22.6. The van der Waals surface area contributed by atoms with Crippen molar-refractivity contribution in [3.05, 3.63) is 101 Å². The molecule has 47 heavy (non-hydrogen) atoms. The van der Waals surface area contributed by atoms with E-state index < -0.39 is 49.3 Å². The Hall–Kier alpha value is -3.22. The number of halogens is 1. The molecule has 0 radical (unpaired) electrons. The van der Waals surface area contributed by atoms with Crippen LogP contribution in [0.4, 0.5) is 10.1 Å². The average Bonchev–Trinajstić information content (AvgIpc) is 3.09. The number of aliphatic hydroxyl groups excluding tert-OH is 6. The lowest BCUT2D eigenvalue weighted by Crippen LogP contribution is -2.66. The van der Waals surface area contributed by atoms with Gasteiger partial charge in [0.05, 0.1) is 30.8 Å². The van der Waals surface area contributed by atoms with E-state index in [0.29, 0.717) is 36.8 Å². The zero-order valence-electron chi connectivity index (χ0n) is 26.1. The van der Waals surface area contributed by atoms with E-state index in [1.165, 1.54) is 12.1 Å². The number of carbonyl (C=O) groups is 1. The highest BCUT2D eigenvalue weighted by Gasteiger charge is 2.53. The number of ether oxygens (including phenoxy) is 1. The average molecular weight is 650 g/mol. The first-order valence-corrected chi connectivity index (χ1v) is 16.6. The zero-order chi connectivity index (χ0) is 33.2. The van der Waals surface area contributed by atoms with E-state index in [-0.39, 0.29) is 35.5 Å². The van der Waals surface area contributed by atoms with E-state index in [4.69, 9.17) is 4.74 Å². The van der Waals surface area contributed by atoms with Crippen LogP contribution in [-0.4, -0.2) is 79.7 Å². The number of rotatable bonds is 10. The molecule has 11 atom stereocenters. The fraction of sp³-hybridized carbons (Fsp3) is 0.486. The second-order valence-corrected chi connectivity index (χ2v) is 13.3. The van der Waals surface area contributed by atoms with Crippen LogP contribution >= 0.6 is 0 Å². The monoisotopic (exact) mass is 649 g/mol. The van der Waals surface area contributed by atoms with Gasteiger partial charge in [0, 0.05) is 11.6 Å². The van der Waals surface area contributed by atoms with Crippen molar-refractivity contribution in [1.82, 2.24) is 0 Å². The van der Waals surface area contributed by atoms with Crippen LogP contribution in [0, 0.1) is 17.7 Å². The van der Waals surface area contributed by atoms with E-state index in [9.17, 15) is 39.8 Å². The van der Waals surface area contributed by atoms with Gasteiger partial charge in [-0.25, -0.2) is 4.39 Å². The summed E-state index contributed by atoms with van der Waals surface area (Å²) in [6.07, 6.45) is -3.82. The predicted molar refractivity (Wildman–Crippen MR) is 172 cm³/mol. The second-order valence-electron chi connectivity index (χ2n) is 13.3. The topological polar surface area (TPSA) is 151 Å². The quantitative estimate of drug-likeness (QED) is 0.183. The van der Waals surface area contributed by atoms with Crippen LogP contribution in [0.5, 0.6) is 0 Å². The van der Waals surface area contributed by atoms with E-state index in [1.807, 2.05) is 47.4 Å². The minimum atomic E-state index is -1.45. The third kappa shape index (κ3) is 6.87. The molecule has 2 saturated heterocycles. The maximum absolute atomic E-state index is 13.5. The van der Waals surface area contributed by atoms with Crippen molar-refractivity contribution in [2.75, 3.05) is 11.5 Å². The molecule has 6 rings (SSSR count). The van der Waals surface area contributed by atoms with Gasteiger partial charge in [-0.05, 0) is 85.4 Å². The Bertz CT molecular complexity index is 1470. The molecule has 2 aliphatic heterocycles. The fourth-order valence-electron chi connectivity index (χ4n) is 7.83. The predicted octanol–water partition coefficient (Wildman–Crippen LogP) is 3.52. The summed E-state index contributed by atoms with van der Waals surface area (Å²) < 4.78 is 19.0. The van der Waals surface area contributed by atoms with Crippen molar-refractivity contribution in [2.24, 2.45) is 11.8 Å². The van der Waals surface area contributed by atoms with Crippen LogP contribution in [0.3, 0.4) is 0 Å². The molecule has 252 valence electrons. The molecule has 3 fully saturated rings. The van der Waals surface area contributed by atoms with Crippen LogP contribution in [0.2, 0.25) is 0 Å². The standard InChI is InChI=1S/C37H44FNO8/c38-25-16-13-22(14-17-25)29(41)8-4-7-28-32(39(37(28)46)26-5-2-1-3-6-26)27-18-15-24(19-30(27)42)21-9-11-23(12-10-21)36-35(45)34(44)33(43)31(20-40)47-36/h1-3,5-6,9-14,16-17,24,27-36,40-45H,4,7-8,15,18-20H2/t24?,27?,28-,29+,30?,31-,32-,33-,34+,35-,36?/m1/s1. The van der Waals surface area contributed by atoms with Gasteiger partial charge >= 0.3 is 0 Å². The molecule has 9 nitrogen and oxygen atoms in total. The molecule has 1 amide bonds. The van der Waals surface area contributed by atoms with E-state index >= 15 is 0 Å². The molecule has 3 aromatic carbocycles. The lowest BCUT2D eigenvalue weighted by Gasteiger charge is -2.53. The van der Waals surface area contributed by atoms with Gasteiger partial charge in [0.25, 0.3) is 0 Å². The van der Waals surface area contributed by atoms with Crippen molar-refractivity contribution in [3.63, 3.8) is 0 Å². The molecule has 1 saturated carbocycles. The number of hydrogen-bond donors (Lipinski definition) is 6. The number of amides is 1. The van der Waals surface area contributed by atoms with Crippen molar-refractivity contribution in [3.8, 4) is 0 Å². The van der Waals surface area contributed by atoms with Gasteiger partial charge in [0.1, 0.15) is 36.3 Å². The maximum atomic E-state index is 13.5. The highest BCUT2D eigenvalue weighted by molar-refractivity contribution is 6.03. The molecule has 0 aromatic heterocycles. The number of carbonyl (C=O) groups excluding carboxylic acids is 1. The van der Waals surface area contributed by atoms with Gasteiger partial charge in [-0.2, -0.15) is 0 Å². The Morgan fingerprint density at radius 3 is 2.19 bits per heavy atom. The molecule has 10 heteroatoms. The fourth-order valence-corrected chi connectivity index (χ4v) is 7.83. The smallest absolute Gasteiger partial charge is 0.232 e. The molecule has 3 aromatic rings. The van der Waals surface area contributed by atoms with Gasteiger partial charge in [-0.15, -0.1) is 0 Å². The van der Waals surface area contributed by atoms with Crippen molar-refractivity contribution in [1.29, 1.82) is 0 Å². The highest BCUT2D eigenvalue weighted by atomic mass is 19.1. The van der Waals surface area contributed by atoms with Crippen LogP contribution in [0.25, 0.3) is 0 Å². The third-order valence-corrected chi connectivity index (χ3v) is 10.5. The third-order valence-electron chi connectivity index (χ3n) is 10.5. The zero-order valence-corrected chi connectivity index (χ0v) is 26.1. The first-order valence-electron chi connectivity index (χ1n) is 16.6. The summed E-state index contributed by atoms with van der Waals surface area (Å²) in [5.41, 5.74) is 3.08. The molecular weight excluding hydrogens is 605 g/mol. The minimum Gasteiger partial charge on any atom is -0.394 e. The Morgan fingerprint density at radius 1 is 0.851 bits per heavy atom. The van der Waals surface area contributed by atoms with Gasteiger partial charge in [-0.3, -0.25) is 4.79 Å². The first-order chi connectivity index (χ1) is 22.7. The van der Waals surface area contributed by atoms with E-state index in [2.05, 4.69) is 0 Å². The van der Waals surface area contributed by atoms with Gasteiger partial charge < -0.3 is 40.3 Å². The number of hydrogen-bond acceptors (Lipinski definition) is 8. The second kappa shape index (κ2) is 14.5. The Kier molecular flexibility index (Phi) is 10.4. The summed E-state index contributed by atoms with van der Waals surface area (Å²) in [6.45, 7) is -0.492. The van der Waals surface area contributed by atoms with Crippen LogP contribution < -0.4 is 4.90 Å². The summed E-state index contributed by atoms with van der Waals surface area (Å²) in [5, 5.41) is 62.6. The molecule has 2 heterocycles. The number of β-lactam (4-membered cyclic amide) rings is 1. The molecule has 0 bridgehead atoms. The summed E-state index contributed by atoms with van der Waals surface area (Å²) in [4.78, 5) is 15.3. The van der Waals surface area contributed by atoms with Crippen molar-refractivity contribution in [2.45, 2.75) is 93.2 Å². The number of para-hydroxylation sites is 1. The largest absolute Gasteiger partial charge is 0.394 e. The van der Waals surface area contributed by atoms with Crippen molar-refractivity contribution >= 4 is 11.6 Å². The molecule has 6 N–H and O–H groups in total. The lowest BCUT2D eigenvalue weighted by molar-refractivity contribution is -0.231. The van der Waals surface area contributed by atoms with Crippen molar-refractivity contribution < 1.29 is 44.6 Å². The molecule has 1 aliphatic carbocycles. The lowest BCUT2D eigenvalue weighted by atomic mass is 9.66. The van der Waals surface area contributed by atoms with Crippen LogP contribution in [0.1, 0.15) is 73.3 Å². The summed E-state index contributed by atoms with van der Waals surface area (Å²) in [5.74, 6) is -0.650. The Balaban J connectivity index is 1.11. The number of anilines is 1. The molecule has 4 unspecified atom stereocenters. The summed E-state index contributed by atoms with van der Waals surface area (Å²) >= 11 is 0. The van der Waals surface area contributed by atoms with Gasteiger partial charge in [-0.1, -0.05) is 54.6 Å². The van der Waals surface area contributed by atoms with E-state index in [1.54, 1.807) is 24.3 Å². The van der Waals surface area contributed by atoms with Crippen LogP contribution in [0.15, 0.2) is 78.9 Å². The van der Waals surface area contributed by atoms with E-state index in [0.717, 1.165) is 24.1 Å².